The molecule has 1 atom stereocenters. The minimum absolute atomic E-state index is 0.00412. The number of halogens is 1. The molecule has 4 nitrogen and oxygen atoms in total. The molecule has 0 spiro atoms. The molecule has 18 heavy (non-hydrogen) atoms. The van der Waals surface area contributed by atoms with Crippen LogP contribution in [0.25, 0.3) is 0 Å². The molecule has 0 aromatic rings. The molecule has 0 N–H and O–H groups in total. The lowest BCUT2D eigenvalue weighted by Crippen LogP contribution is -2.36. The summed E-state index contributed by atoms with van der Waals surface area (Å²) in [5.41, 5.74) is 0. The first kappa shape index (κ1) is 13.8. The van der Waals surface area contributed by atoms with Crippen LogP contribution in [0.5, 0.6) is 0 Å². The Kier molecular flexibility index (Phi) is 4.25. The van der Waals surface area contributed by atoms with Crippen molar-refractivity contribution in [2.24, 2.45) is 5.92 Å². The molecule has 1 unspecified atom stereocenters. The summed E-state index contributed by atoms with van der Waals surface area (Å²) in [5.74, 6) is -0.881. The van der Waals surface area contributed by atoms with Crippen molar-refractivity contribution in [2.45, 2.75) is 51.0 Å². The van der Waals surface area contributed by atoms with Gasteiger partial charge in [-0.3, -0.25) is 4.79 Å². The lowest BCUT2D eigenvalue weighted by atomic mass is 10.1. The maximum absolute atomic E-state index is 12.6. The van der Waals surface area contributed by atoms with Gasteiger partial charge >= 0.3 is 10.2 Å². The predicted molar refractivity (Wildman–Crippen MR) is 66.2 cm³/mol. The summed E-state index contributed by atoms with van der Waals surface area (Å²) in [4.78, 5) is 13.7. The Labute approximate surface area is 108 Å². The molecule has 0 radical (unpaired) electrons. The van der Waals surface area contributed by atoms with Crippen molar-refractivity contribution in [3.05, 3.63) is 0 Å². The van der Waals surface area contributed by atoms with Crippen molar-refractivity contribution in [1.29, 1.82) is 0 Å². The van der Waals surface area contributed by atoms with E-state index >= 15 is 0 Å². The molecule has 6 heteroatoms. The Bertz CT molecular complexity index is 402. The van der Waals surface area contributed by atoms with Gasteiger partial charge in [-0.25, -0.2) is 0 Å². The van der Waals surface area contributed by atoms with Crippen molar-refractivity contribution in [2.75, 3.05) is 12.3 Å². The molecule has 1 heterocycles. The highest BCUT2D eigenvalue weighted by atomic mass is 32.3. The maximum Gasteiger partial charge on any atom is 0.302 e. The van der Waals surface area contributed by atoms with E-state index in [4.69, 9.17) is 0 Å². The predicted octanol–water partition coefficient (Wildman–Crippen LogP) is 1.86. The molecule has 0 bridgehead atoms. The molecule has 1 aliphatic heterocycles. The number of likely N-dealkylation sites (tertiary alicyclic amines) is 1. The number of rotatable bonds is 3. The topological polar surface area (TPSA) is 54.5 Å². The summed E-state index contributed by atoms with van der Waals surface area (Å²) in [6, 6.07) is 0.243. The molecule has 104 valence electrons. The molecular formula is C12H20FNO3S. The Morgan fingerprint density at radius 1 is 1.17 bits per heavy atom. The lowest BCUT2D eigenvalue weighted by molar-refractivity contribution is -0.129. The van der Waals surface area contributed by atoms with E-state index in [9.17, 15) is 17.1 Å². The zero-order valence-corrected chi connectivity index (χ0v) is 11.3. The van der Waals surface area contributed by atoms with E-state index in [1.165, 1.54) is 12.8 Å². The first-order valence-electron chi connectivity index (χ1n) is 6.67. The molecule has 1 amide bonds. The van der Waals surface area contributed by atoms with Crippen LogP contribution in [0.1, 0.15) is 44.9 Å². The van der Waals surface area contributed by atoms with Crippen LogP contribution in [0, 0.1) is 5.92 Å². The number of carbonyl (C=O) groups is 1. The van der Waals surface area contributed by atoms with Gasteiger partial charge in [0.05, 0.1) is 5.75 Å². The third-order valence-corrected chi connectivity index (χ3v) is 4.81. The highest BCUT2D eigenvalue weighted by molar-refractivity contribution is 7.86. The minimum atomic E-state index is -4.47. The normalized spacial score (nSPS) is 27.5. The van der Waals surface area contributed by atoms with Gasteiger partial charge in [-0.05, 0) is 12.8 Å². The van der Waals surface area contributed by atoms with Crippen LogP contribution in [0.2, 0.25) is 0 Å². The lowest BCUT2D eigenvalue weighted by Gasteiger charge is -2.27. The average molecular weight is 277 g/mol. The Morgan fingerprint density at radius 3 is 2.33 bits per heavy atom. The van der Waals surface area contributed by atoms with E-state index in [1.54, 1.807) is 4.90 Å². The second kappa shape index (κ2) is 5.55. The largest absolute Gasteiger partial charge is 0.339 e. The van der Waals surface area contributed by atoms with Crippen LogP contribution < -0.4 is 0 Å². The summed E-state index contributed by atoms with van der Waals surface area (Å²) in [5, 5.41) is 0. The number of nitrogens with zero attached hydrogens (tertiary/aromatic N) is 1. The molecule has 1 saturated heterocycles. The minimum Gasteiger partial charge on any atom is -0.339 e. The van der Waals surface area contributed by atoms with E-state index in [1.807, 2.05) is 0 Å². The zero-order valence-electron chi connectivity index (χ0n) is 10.5. The smallest absolute Gasteiger partial charge is 0.302 e. The molecule has 0 aromatic carbocycles. The van der Waals surface area contributed by atoms with Crippen molar-refractivity contribution >= 4 is 16.1 Å². The summed E-state index contributed by atoms with van der Waals surface area (Å²) >= 11 is 0. The van der Waals surface area contributed by atoms with Crippen LogP contribution in [0.4, 0.5) is 3.89 Å². The summed E-state index contributed by atoms with van der Waals surface area (Å²) < 4.78 is 33.9. The fourth-order valence-corrected chi connectivity index (χ4v) is 3.91. The quantitative estimate of drug-likeness (QED) is 0.584. The van der Waals surface area contributed by atoms with Crippen molar-refractivity contribution in [3.8, 4) is 0 Å². The van der Waals surface area contributed by atoms with Gasteiger partial charge in [-0.2, -0.15) is 8.42 Å². The second-order valence-electron chi connectivity index (χ2n) is 5.47. The Hall–Kier alpha value is -0.650. The first-order chi connectivity index (χ1) is 8.46. The average Bonchev–Trinajstić information content (AvgIpc) is 2.51. The first-order valence-corrected chi connectivity index (χ1v) is 8.23. The highest BCUT2D eigenvalue weighted by Crippen LogP contribution is 2.28. The monoisotopic (exact) mass is 277 g/mol. The summed E-state index contributed by atoms with van der Waals surface area (Å²) in [7, 11) is -4.47. The molecule has 1 aliphatic carbocycles. The molecule has 2 aliphatic rings. The molecule has 2 rings (SSSR count). The van der Waals surface area contributed by atoms with Gasteiger partial charge in [0.2, 0.25) is 5.91 Å². The number of carbonyl (C=O) groups excluding carboxylic acids is 1. The van der Waals surface area contributed by atoms with Gasteiger partial charge in [0, 0.05) is 24.9 Å². The molecule has 1 saturated carbocycles. The summed E-state index contributed by atoms with van der Waals surface area (Å²) in [6.45, 7) is 0.409. The maximum atomic E-state index is 12.6. The Morgan fingerprint density at radius 2 is 1.78 bits per heavy atom. The molecule has 0 aromatic heterocycles. The van der Waals surface area contributed by atoms with Gasteiger partial charge in [0.1, 0.15) is 0 Å². The summed E-state index contributed by atoms with van der Waals surface area (Å²) in [6.07, 6.45) is 6.85. The van der Waals surface area contributed by atoms with Crippen LogP contribution >= 0.6 is 0 Å². The number of hydrogen-bond donors (Lipinski definition) is 0. The van der Waals surface area contributed by atoms with Gasteiger partial charge < -0.3 is 4.90 Å². The Balaban J connectivity index is 1.95. The van der Waals surface area contributed by atoms with Crippen LogP contribution in [0.3, 0.4) is 0 Å². The van der Waals surface area contributed by atoms with Crippen LogP contribution in [-0.4, -0.2) is 37.6 Å². The molecule has 2 fully saturated rings. The second-order valence-corrected chi connectivity index (χ2v) is 6.88. The SMILES string of the molecule is O=C1CC(CS(=O)(=O)F)CN1C1CCCCCC1. The molecular weight excluding hydrogens is 257 g/mol. The van der Waals surface area contributed by atoms with Gasteiger partial charge in [-0.15, -0.1) is 3.89 Å². The van der Waals surface area contributed by atoms with Crippen LogP contribution in [-0.2, 0) is 15.0 Å². The van der Waals surface area contributed by atoms with E-state index < -0.39 is 16.0 Å². The van der Waals surface area contributed by atoms with E-state index in [0.717, 1.165) is 25.7 Å². The van der Waals surface area contributed by atoms with Crippen molar-refractivity contribution in [1.82, 2.24) is 4.90 Å². The zero-order chi connectivity index (χ0) is 13.2. The van der Waals surface area contributed by atoms with Crippen molar-refractivity contribution < 1.29 is 17.1 Å². The van der Waals surface area contributed by atoms with Gasteiger partial charge in [-0.1, -0.05) is 25.7 Å². The van der Waals surface area contributed by atoms with Crippen molar-refractivity contribution in [3.63, 3.8) is 0 Å². The van der Waals surface area contributed by atoms with E-state index in [2.05, 4.69) is 0 Å². The van der Waals surface area contributed by atoms with E-state index in [-0.39, 0.29) is 24.3 Å². The fourth-order valence-electron chi connectivity index (χ4n) is 3.12. The standard InChI is InChI=1S/C12H20FNO3S/c13-18(16,17)9-10-7-12(15)14(8-10)11-5-3-1-2-4-6-11/h10-11H,1-9H2. The fraction of sp³-hybridized carbons (Fsp3) is 0.917. The van der Waals surface area contributed by atoms with Gasteiger partial charge in [0.25, 0.3) is 0 Å². The third-order valence-electron chi connectivity index (χ3n) is 3.94. The number of amides is 1. The van der Waals surface area contributed by atoms with E-state index in [0.29, 0.717) is 6.54 Å². The van der Waals surface area contributed by atoms with Gasteiger partial charge in [0.15, 0.2) is 0 Å². The third kappa shape index (κ3) is 3.67. The van der Waals surface area contributed by atoms with Crippen LogP contribution in [0.15, 0.2) is 0 Å². The highest BCUT2D eigenvalue weighted by Gasteiger charge is 2.36. The number of hydrogen-bond acceptors (Lipinski definition) is 3.